The van der Waals surface area contributed by atoms with E-state index in [9.17, 15) is 14.4 Å². The highest BCUT2D eigenvalue weighted by molar-refractivity contribution is 8.00. The van der Waals surface area contributed by atoms with Gasteiger partial charge in [0.05, 0.1) is 37.5 Å². The molecule has 2 aliphatic heterocycles. The van der Waals surface area contributed by atoms with Gasteiger partial charge in [-0.15, -0.1) is 0 Å². The van der Waals surface area contributed by atoms with Crippen LogP contribution in [-0.2, 0) is 9.59 Å². The molecular formula is C24H22N2O6S2. The van der Waals surface area contributed by atoms with Crippen molar-refractivity contribution in [3.63, 3.8) is 0 Å². The van der Waals surface area contributed by atoms with Gasteiger partial charge in [-0.05, 0) is 48.9 Å². The Bertz CT molecular complexity index is 1320. The Morgan fingerprint density at radius 2 is 1.71 bits per heavy atom. The number of nitrogens with one attached hydrogen (secondary N) is 1. The number of methoxy groups -OCH3 is 2. The van der Waals surface area contributed by atoms with E-state index in [0.29, 0.717) is 34.6 Å². The molecule has 2 aliphatic rings. The van der Waals surface area contributed by atoms with Crippen molar-refractivity contribution in [3.8, 4) is 17.2 Å². The largest absolute Gasteiger partial charge is 0.494 e. The number of fused-ring (bicyclic) bond motifs is 2. The number of nitrogens with zero attached hydrogens (tertiary/aromatic N) is 1. The SMILES string of the molecule is CCOc1ccc(N2C(=O)[C@@H]3[C@H](c4ccc(OC)c(OC)c4)c4sc(=O)[nH]c4S[C@@H]3C2=O)cc1. The van der Waals surface area contributed by atoms with Crippen LogP contribution in [-0.4, -0.2) is 42.9 Å². The van der Waals surface area contributed by atoms with Gasteiger partial charge in [0, 0.05) is 10.8 Å². The Hall–Kier alpha value is -3.24. The second kappa shape index (κ2) is 8.84. The molecule has 3 heterocycles. The minimum atomic E-state index is -0.666. The molecule has 2 aromatic carbocycles. The number of aromatic nitrogens is 1. The number of benzene rings is 2. The number of carbonyl (C=O) groups is 2. The number of hydrogen-bond donors (Lipinski definition) is 1. The Labute approximate surface area is 203 Å². The van der Waals surface area contributed by atoms with E-state index in [2.05, 4.69) is 4.98 Å². The van der Waals surface area contributed by atoms with E-state index >= 15 is 0 Å². The number of H-pyrrole nitrogens is 1. The Morgan fingerprint density at radius 1 is 0.971 bits per heavy atom. The highest BCUT2D eigenvalue weighted by atomic mass is 32.2. The number of anilines is 1. The molecule has 176 valence electrons. The van der Waals surface area contributed by atoms with Gasteiger partial charge in [0.2, 0.25) is 11.8 Å². The van der Waals surface area contributed by atoms with Crippen LogP contribution >= 0.6 is 23.1 Å². The van der Waals surface area contributed by atoms with Gasteiger partial charge in [0.15, 0.2) is 11.5 Å². The molecule has 1 fully saturated rings. The lowest BCUT2D eigenvalue weighted by Crippen LogP contribution is -2.32. The number of thiazole rings is 1. The lowest BCUT2D eigenvalue weighted by Gasteiger charge is -2.30. The first-order valence-electron chi connectivity index (χ1n) is 10.7. The fourth-order valence-corrected chi connectivity index (χ4v) is 7.05. The Kier molecular flexibility index (Phi) is 5.86. The summed E-state index contributed by atoms with van der Waals surface area (Å²) in [6.07, 6.45) is 0. The van der Waals surface area contributed by atoms with Gasteiger partial charge in [-0.2, -0.15) is 0 Å². The van der Waals surface area contributed by atoms with Gasteiger partial charge in [-0.25, -0.2) is 4.90 Å². The first-order chi connectivity index (χ1) is 16.5. The average molecular weight is 499 g/mol. The van der Waals surface area contributed by atoms with Gasteiger partial charge >= 0.3 is 4.87 Å². The molecule has 1 saturated heterocycles. The number of imide groups is 1. The van der Waals surface area contributed by atoms with E-state index in [-0.39, 0.29) is 16.7 Å². The van der Waals surface area contributed by atoms with Crippen LogP contribution < -0.4 is 24.0 Å². The summed E-state index contributed by atoms with van der Waals surface area (Å²) in [5, 5.41) is -0.0272. The summed E-state index contributed by atoms with van der Waals surface area (Å²) < 4.78 is 16.3. The predicted octanol–water partition coefficient (Wildman–Crippen LogP) is 3.65. The number of amides is 2. The molecule has 1 N–H and O–H groups in total. The molecule has 3 aromatic rings. The van der Waals surface area contributed by atoms with Gasteiger partial charge < -0.3 is 19.2 Å². The zero-order valence-corrected chi connectivity index (χ0v) is 20.3. The van der Waals surface area contributed by atoms with Crippen LogP contribution in [0.15, 0.2) is 52.3 Å². The molecule has 5 rings (SSSR count). The first kappa shape index (κ1) is 22.5. The van der Waals surface area contributed by atoms with Crippen molar-refractivity contribution in [2.24, 2.45) is 5.92 Å². The molecule has 0 bridgehead atoms. The van der Waals surface area contributed by atoms with Gasteiger partial charge in [0.25, 0.3) is 0 Å². The van der Waals surface area contributed by atoms with Crippen LogP contribution in [0.25, 0.3) is 0 Å². The number of aromatic amines is 1. The van der Waals surface area contributed by atoms with E-state index in [1.165, 1.54) is 16.7 Å². The van der Waals surface area contributed by atoms with Crippen LogP contribution in [0.3, 0.4) is 0 Å². The number of rotatable bonds is 6. The number of thioether (sulfide) groups is 1. The molecule has 1 aromatic heterocycles. The molecule has 0 saturated carbocycles. The third-order valence-corrected chi connectivity index (χ3v) is 8.40. The zero-order valence-electron chi connectivity index (χ0n) is 18.7. The molecule has 0 aliphatic carbocycles. The molecule has 8 nitrogen and oxygen atoms in total. The fourth-order valence-electron chi connectivity index (χ4n) is 4.53. The molecular weight excluding hydrogens is 476 g/mol. The summed E-state index contributed by atoms with van der Waals surface area (Å²) in [5.41, 5.74) is 1.27. The number of hydrogen-bond acceptors (Lipinski definition) is 8. The van der Waals surface area contributed by atoms with Crippen LogP contribution in [0.4, 0.5) is 5.69 Å². The second-order valence-electron chi connectivity index (χ2n) is 7.80. The van der Waals surface area contributed by atoms with Crippen LogP contribution in [0.1, 0.15) is 23.3 Å². The van der Waals surface area contributed by atoms with Crippen molar-refractivity contribution in [2.75, 3.05) is 25.7 Å². The molecule has 3 atom stereocenters. The minimum absolute atomic E-state index is 0.216. The van der Waals surface area contributed by atoms with Crippen molar-refractivity contribution < 1.29 is 23.8 Å². The normalized spacial score (nSPS) is 21.3. The molecule has 10 heteroatoms. The van der Waals surface area contributed by atoms with Crippen LogP contribution in [0, 0.1) is 5.92 Å². The minimum Gasteiger partial charge on any atom is -0.494 e. The molecule has 0 unspecified atom stereocenters. The lowest BCUT2D eigenvalue weighted by molar-refractivity contribution is -0.122. The highest BCUT2D eigenvalue weighted by Crippen LogP contribution is 2.53. The first-order valence-corrected chi connectivity index (χ1v) is 12.4. The van der Waals surface area contributed by atoms with Crippen molar-refractivity contribution in [1.82, 2.24) is 4.98 Å². The average Bonchev–Trinajstić information content (AvgIpc) is 3.34. The van der Waals surface area contributed by atoms with Gasteiger partial charge in [-0.1, -0.05) is 29.2 Å². The lowest BCUT2D eigenvalue weighted by atomic mass is 9.83. The predicted molar refractivity (Wildman–Crippen MR) is 130 cm³/mol. The maximum atomic E-state index is 13.8. The van der Waals surface area contributed by atoms with Gasteiger partial charge in [-0.3, -0.25) is 14.4 Å². The maximum Gasteiger partial charge on any atom is 0.305 e. The molecule has 0 spiro atoms. The van der Waals surface area contributed by atoms with Crippen molar-refractivity contribution in [3.05, 3.63) is 62.6 Å². The number of carbonyl (C=O) groups excluding carboxylic acids is 2. The second-order valence-corrected chi connectivity index (χ2v) is 9.97. The summed E-state index contributed by atoms with van der Waals surface area (Å²) >= 11 is 2.32. The van der Waals surface area contributed by atoms with E-state index < -0.39 is 17.1 Å². The van der Waals surface area contributed by atoms with Crippen molar-refractivity contribution in [2.45, 2.75) is 23.1 Å². The monoisotopic (exact) mass is 498 g/mol. The standard InChI is InChI=1S/C24H22N2O6S2/c1-4-32-14-8-6-13(7-9-14)26-22(27)18-17(12-5-10-15(30-2)16(11-12)31-3)19-21(25-24(29)34-19)33-20(18)23(26)28/h5-11,17-18,20H,4H2,1-3H3,(H,25,29)/t17-,18+,20-/m0/s1. The fraction of sp³-hybridized carbons (Fsp3) is 0.292. The number of ether oxygens (including phenoxy) is 3. The quantitative estimate of drug-likeness (QED) is 0.518. The van der Waals surface area contributed by atoms with Crippen molar-refractivity contribution in [1.29, 1.82) is 0 Å². The molecule has 34 heavy (non-hydrogen) atoms. The maximum absolute atomic E-state index is 13.8. The third kappa shape index (κ3) is 3.57. The Morgan fingerprint density at radius 3 is 2.38 bits per heavy atom. The van der Waals surface area contributed by atoms with Crippen molar-refractivity contribution >= 4 is 40.6 Å². The molecule has 2 amide bonds. The van der Waals surface area contributed by atoms with Crippen LogP contribution in [0.5, 0.6) is 17.2 Å². The van der Waals surface area contributed by atoms with E-state index in [1.54, 1.807) is 44.6 Å². The third-order valence-electron chi connectivity index (χ3n) is 6.00. The summed E-state index contributed by atoms with van der Waals surface area (Å²) in [6, 6.07) is 12.3. The smallest absolute Gasteiger partial charge is 0.305 e. The summed E-state index contributed by atoms with van der Waals surface area (Å²) in [7, 11) is 3.09. The summed E-state index contributed by atoms with van der Waals surface area (Å²) in [4.78, 5) is 44.1. The van der Waals surface area contributed by atoms with E-state index in [4.69, 9.17) is 14.2 Å². The topological polar surface area (TPSA) is 97.9 Å². The molecule has 0 radical (unpaired) electrons. The van der Waals surface area contributed by atoms with Crippen LogP contribution in [0.2, 0.25) is 0 Å². The Balaban J connectivity index is 1.60. The zero-order chi connectivity index (χ0) is 24.0. The summed E-state index contributed by atoms with van der Waals surface area (Å²) in [6.45, 7) is 2.41. The van der Waals surface area contributed by atoms with Gasteiger partial charge in [0.1, 0.15) is 11.0 Å². The van der Waals surface area contributed by atoms with E-state index in [1.807, 2.05) is 19.1 Å². The highest BCUT2D eigenvalue weighted by Gasteiger charge is 2.56. The van der Waals surface area contributed by atoms with E-state index in [0.717, 1.165) is 21.8 Å². The summed E-state index contributed by atoms with van der Waals surface area (Å²) in [5.74, 6) is 0.000280.